The molecule has 6 nitrogen and oxygen atoms in total. The number of nitrogens with one attached hydrogen (secondary N) is 1. The van der Waals surface area contributed by atoms with Crippen LogP contribution in [0.1, 0.15) is 97.5 Å². The first-order valence-electron chi connectivity index (χ1n) is 12.8. The highest BCUT2D eigenvalue weighted by Crippen LogP contribution is 2.27. The summed E-state index contributed by atoms with van der Waals surface area (Å²) in [5.74, 6) is -0.836. The number of rotatable bonds is 16. The van der Waals surface area contributed by atoms with Crippen molar-refractivity contribution in [2.24, 2.45) is 0 Å². The zero-order chi connectivity index (χ0) is 25.6. The molecule has 1 aromatic carbocycles. The number of amides is 2. The van der Waals surface area contributed by atoms with E-state index in [1.807, 2.05) is 6.92 Å². The number of carbonyl (C=O) groups is 2. The molecule has 1 aromatic rings. The van der Waals surface area contributed by atoms with Crippen LogP contribution >= 0.6 is 0 Å². The Hall–Kier alpha value is -2.15. The highest BCUT2D eigenvalue weighted by atomic mass is 19.1. The van der Waals surface area contributed by atoms with Crippen molar-refractivity contribution < 1.29 is 23.8 Å². The summed E-state index contributed by atoms with van der Waals surface area (Å²) in [6.07, 6.45) is 8.17. The molecule has 0 heterocycles. The first-order valence-corrected chi connectivity index (χ1v) is 12.8. The lowest BCUT2D eigenvalue weighted by Gasteiger charge is -2.30. The third kappa shape index (κ3) is 11.8. The van der Waals surface area contributed by atoms with Crippen LogP contribution in [-0.2, 0) is 16.1 Å². The second-order valence-electron chi connectivity index (χ2n) is 9.65. The van der Waals surface area contributed by atoms with Crippen LogP contribution in [0.4, 0.5) is 9.18 Å². The quantitative estimate of drug-likeness (QED) is 0.226. The average molecular weight is 481 g/mol. The molecule has 2 amide bonds. The fraction of sp³-hybridized carbons (Fsp3) is 0.704. The van der Waals surface area contributed by atoms with Crippen molar-refractivity contribution in [2.75, 3.05) is 7.05 Å². The molecule has 0 spiro atoms. The van der Waals surface area contributed by atoms with Gasteiger partial charge in [-0.05, 0) is 57.2 Å². The van der Waals surface area contributed by atoms with Gasteiger partial charge in [0.05, 0.1) is 11.7 Å². The smallest absolute Gasteiger partial charge is 0.328 e. The summed E-state index contributed by atoms with van der Waals surface area (Å²) < 4.78 is 18.5. The van der Waals surface area contributed by atoms with Crippen LogP contribution in [0.3, 0.4) is 0 Å². The summed E-state index contributed by atoms with van der Waals surface area (Å²) in [7, 11) is 1.62. The Balaban J connectivity index is 2.78. The van der Waals surface area contributed by atoms with Crippen LogP contribution in [0.25, 0.3) is 0 Å². The monoisotopic (exact) mass is 480 g/mol. The van der Waals surface area contributed by atoms with Crippen LogP contribution < -0.4 is 5.32 Å². The normalized spacial score (nSPS) is 13.9. The van der Waals surface area contributed by atoms with Crippen LogP contribution in [-0.4, -0.2) is 46.8 Å². The first-order chi connectivity index (χ1) is 16.1. The standard InChI is InChI=1S/C27H45FN2O4/c1-6-8-9-10-11-18-27(33,17-7-2)19-16-24(25(31)34-21(3)4)29-26(32)30(5)20-22-12-14-23(28)15-13-22/h12-15,21,24,33H,6-11,16-20H2,1-5H3,(H,29,32)/t24-,27?/m0/s1. The van der Waals surface area contributed by atoms with Crippen molar-refractivity contribution in [3.05, 3.63) is 35.6 Å². The van der Waals surface area contributed by atoms with Gasteiger partial charge in [0.1, 0.15) is 11.9 Å². The summed E-state index contributed by atoms with van der Waals surface area (Å²) >= 11 is 0. The Kier molecular flexibility index (Phi) is 13.8. The minimum atomic E-state index is -0.859. The minimum Gasteiger partial charge on any atom is -0.461 e. The minimum absolute atomic E-state index is 0.273. The highest BCUT2D eigenvalue weighted by Gasteiger charge is 2.31. The van der Waals surface area contributed by atoms with E-state index in [2.05, 4.69) is 12.2 Å². The van der Waals surface area contributed by atoms with Crippen LogP contribution in [0.2, 0.25) is 0 Å². The van der Waals surface area contributed by atoms with Gasteiger partial charge in [-0.3, -0.25) is 0 Å². The van der Waals surface area contributed by atoms with E-state index in [4.69, 9.17) is 4.74 Å². The summed E-state index contributed by atoms with van der Waals surface area (Å²) in [6.45, 7) is 8.02. The molecule has 0 aliphatic carbocycles. The molecular weight excluding hydrogens is 435 g/mol. The van der Waals surface area contributed by atoms with Gasteiger partial charge in [-0.2, -0.15) is 0 Å². The summed E-state index contributed by atoms with van der Waals surface area (Å²) in [5, 5.41) is 14.0. The molecule has 0 saturated heterocycles. The Morgan fingerprint density at radius 2 is 1.68 bits per heavy atom. The van der Waals surface area contributed by atoms with Crippen LogP contribution in [0.15, 0.2) is 24.3 Å². The molecule has 0 saturated carbocycles. The van der Waals surface area contributed by atoms with E-state index in [9.17, 15) is 19.1 Å². The molecule has 7 heteroatoms. The second-order valence-corrected chi connectivity index (χ2v) is 9.65. The molecule has 1 rings (SSSR count). The van der Waals surface area contributed by atoms with E-state index < -0.39 is 23.6 Å². The summed E-state index contributed by atoms with van der Waals surface area (Å²) in [6, 6.07) is 4.66. The predicted octanol–water partition coefficient (Wildman–Crippen LogP) is 5.96. The van der Waals surface area contributed by atoms with Crippen molar-refractivity contribution in [1.29, 1.82) is 0 Å². The molecular formula is C27H45FN2O4. The molecule has 0 aliphatic rings. The number of esters is 1. The van der Waals surface area contributed by atoms with Crippen LogP contribution in [0, 0.1) is 5.82 Å². The van der Waals surface area contributed by atoms with E-state index in [1.165, 1.54) is 36.3 Å². The molecule has 0 bridgehead atoms. The molecule has 2 atom stereocenters. The first kappa shape index (κ1) is 29.9. The van der Waals surface area contributed by atoms with Gasteiger partial charge in [0.15, 0.2) is 0 Å². The molecule has 0 aromatic heterocycles. The average Bonchev–Trinajstić information content (AvgIpc) is 2.77. The maximum absolute atomic E-state index is 13.2. The van der Waals surface area contributed by atoms with Gasteiger partial charge >= 0.3 is 12.0 Å². The van der Waals surface area contributed by atoms with E-state index >= 15 is 0 Å². The molecule has 2 N–H and O–H groups in total. The molecule has 0 radical (unpaired) electrons. The Bertz CT molecular complexity index is 726. The van der Waals surface area contributed by atoms with Gasteiger partial charge in [0.25, 0.3) is 0 Å². The number of hydrogen-bond donors (Lipinski definition) is 2. The van der Waals surface area contributed by atoms with Gasteiger partial charge in [0, 0.05) is 13.6 Å². The number of halogens is 1. The van der Waals surface area contributed by atoms with Crippen molar-refractivity contribution in [3.63, 3.8) is 0 Å². The van der Waals surface area contributed by atoms with Crippen molar-refractivity contribution in [1.82, 2.24) is 10.2 Å². The lowest BCUT2D eigenvalue weighted by atomic mass is 9.85. The zero-order valence-electron chi connectivity index (χ0n) is 21.7. The Morgan fingerprint density at radius 1 is 1.03 bits per heavy atom. The summed E-state index contributed by atoms with van der Waals surface area (Å²) in [4.78, 5) is 27.0. The fourth-order valence-corrected chi connectivity index (χ4v) is 4.07. The van der Waals surface area contributed by atoms with E-state index in [1.54, 1.807) is 33.0 Å². The second kappa shape index (κ2) is 15.7. The number of benzene rings is 1. The van der Waals surface area contributed by atoms with Crippen LogP contribution in [0.5, 0.6) is 0 Å². The van der Waals surface area contributed by atoms with Crippen molar-refractivity contribution in [2.45, 2.75) is 116 Å². The van der Waals surface area contributed by atoms with E-state index in [0.717, 1.165) is 24.8 Å². The number of aliphatic hydroxyl groups is 1. The molecule has 34 heavy (non-hydrogen) atoms. The topological polar surface area (TPSA) is 78.9 Å². The Labute approximate surface area is 205 Å². The Morgan fingerprint density at radius 3 is 2.26 bits per heavy atom. The van der Waals surface area contributed by atoms with E-state index in [-0.39, 0.29) is 18.5 Å². The van der Waals surface area contributed by atoms with Gasteiger partial charge in [0.2, 0.25) is 0 Å². The van der Waals surface area contributed by atoms with Gasteiger partial charge in [-0.1, -0.05) is 64.5 Å². The maximum Gasteiger partial charge on any atom is 0.328 e. The van der Waals surface area contributed by atoms with E-state index in [0.29, 0.717) is 25.7 Å². The lowest BCUT2D eigenvalue weighted by molar-refractivity contribution is -0.150. The number of ether oxygens (including phenoxy) is 1. The SMILES string of the molecule is CCCCCCCC(O)(CCC)CC[C@H](NC(=O)N(C)Cc1ccc(F)cc1)C(=O)OC(C)C. The largest absolute Gasteiger partial charge is 0.461 e. The fourth-order valence-electron chi connectivity index (χ4n) is 4.07. The maximum atomic E-state index is 13.2. The number of urea groups is 1. The lowest BCUT2D eigenvalue weighted by Crippen LogP contribution is -2.48. The van der Waals surface area contributed by atoms with Gasteiger partial charge in [-0.25, -0.2) is 14.0 Å². The van der Waals surface area contributed by atoms with Gasteiger partial charge < -0.3 is 20.1 Å². The number of carbonyl (C=O) groups excluding carboxylic acids is 2. The molecule has 0 aliphatic heterocycles. The number of unbranched alkanes of at least 4 members (excludes halogenated alkanes) is 4. The molecule has 194 valence electrons. The van der Waals surface area contributed by atoms with Crippen molar-refractivity contribution in [3.8, 4) is 0 Å². The highest BCUT2D eigenvalue weighted by molar-refractivity contribution is 5.83. The predicted molar refractivity (Wildman–Crippen MR) is 134 cm³/mol. The summed E-state index contributed by atoms with van der Waals surface area (Å²) in [5.41, 5.74) is -0.0806. The van der Waals surface area contributed by atoms with Gasteiger partial charge in [-0.15, -0.1) is 0 Å². The molecule has 1 unspecified atom stereocenters. The molecule has 0 fully saturated rings. The third-order valence-corrected chi connectivity index (χ3v) is 5.97. The zero-order valence-corrected chi connectivity index (χ0v) is 21.7. The third-order valence-electron chi connectivity index (χ3n) is 5.97. The number of nitrogens with zero attached hydrogens (tertiary/aromatic N) is 1. The number of hydrogen-bond acceptors (Lipinski definition) is 4. The van der Waals surface area contributed by atoms with Crippen molar-refractivity contribution >= 4 is 12.0 Å².